The van der Waals surface area contributed by atoms with Crippen LogP contribution < -0.4 is 0 Å². The molecule has 0 saturated heterocycles. The molecule has 63 heavy (non-hydrogen) atoms. The van der Waals surface area contributed by atoms with Crippen molar-refractivity contribution in [1.29, 1.82) is 0 Å². The van der Waals surface area contributed by atoms with Gasteiger partial charge in [-0.25, -0.2) is 19.9 Å². The van der Waals surface area contributed by atoms with E-state index in [-0.39, 0.29) is 0 Å². The molecule has 0 unspecified atom stereocenters. The number of para-hydroxylation sites is 2. The molecule has 0 saturated carbocycles. The van der Waals surface area contributed by atoms with Crippen molar-refractivity contribution in [3.05, 3.63) is 224 Å². The molecular formula is C58H37N5. The monoisotopic (exact) mass is 803 g/mol. The van der Waals surface area contributed by atoms with Crippen LogP contribution in [0.15, 0.2) is 224 Å². The number of hydrogen-bond acceptors (Lipinski definition) is 4. The molecule has 0 spiro atoms. The van der Waals surface area contributed by atoms with Gasteiger partial charge in [0.1, 0.15) is 0 Å². The lowest BCUT2D eigenvalue weighted by atomic mass is 9.96. The van der Waals surface area contributed by atoms with Crippen LogP contribution in [0.5, 0.6) is 0 Å². The maximum Gasteiger partial charge on any atom is 0.164 e. The van der Waals surface area contributed by atoms with E-state index in [1.807, 2.05) is 60.7 Å². The van der Waals surface area contributed by atoms with Gasteiger partial charge in [-0.2, -0.15) is 0 Å². The summed E-state index contributed by atoms with van der Waals surface area (Å²) in [6, 6.07) is 78.9. The highest BCUT2D eigenvalue weighted by molar-refractivity contribution is 6.20. The molecular weight excluding hydrogens is 767 g/mol. The van der Waals surface area contributed by atoms with E-state index in [9.17, 15) is 0 Å². The van der Waals surface area contributed by atoms with E-state index in [1.54, 1.807) is 0 Å². The number of fused-ring (bicyclic) bond motifs is 6. The van der Waals surface area contributed by atoms with Crippen LogP contribution in [-0.2, 0) is 0 Å². The molecule has 3 aromatic heterocycles. The standard InChI is InChI=1S/C58H37N5/c1-5-17-38(18-6-1)55-51-37-54-50(36-49(51)47-29-13-14-30-52(47)59-55)48-32-31-44(35-53(48)63(54)46-27-11-4-12-28-46)42-24-15-23-41(33-42)43-25-16-26-45(34-43)58-61-56(39-19-7-2-8-20-39)60-57(62-58)40-21-9-3-10-22-40/h1-37H. The van der Waals surface area contributed by atoms with Crippen molar-refractivity contribution in [2.24, 2.45) is 0 Å². The third-order valence-corrected chi connectivity index (χ3v) is 12.0. The van der Waals surface area contributed by atoms with E-state index in [0.717, 1.165) is 83.2 Å². The van der Waals surface area contributed by atoms with Crippen LogP contribution in [0.1, 0.15) is 0 Å². The van der Waals surface area contributed by atoms with E-state index in [1.165, 1.54) is 16.2 Å². The summed E-state index contributed by atoms with van der Waals surface area (Å²) in [5, 5.41) is 5.89. The second kappa shape index (κ2) is 15.2. The predicted octanol–water partition coefficient (Wildman–Crippen LogP) is 14.7. The predicted molar refractivity (Wildman–Crippen MR) is 260 cm³/mol. The molecule has 12 aromatic rings. The van der Waals surface area contributed by atoms with Gasteiger partial charge >= 0.3 is 0 Å². The Balaban J connectivity index is 0.997. The average molecular weight is 804 g/mol. The normalized spacial score (nSPS) is 11.5. The number of pyridine rings is 1. The molecule has 0 radical (unpaired) electrons. The van der Waals surface area contributed by atoms with Gasteiger partial charge in [0.2, 0.25) is 0 Å². The van der Waals surface area contributed by atoms with Crippen molar-refractivity contribution in [1.82, 2.24) is 24.5 Å². The molecule has 3 heterocycles. The van der Waals surface area contributed by atoms with Gasteiger partial charge in [-0.3, -0.25) is 0 Å². The Labute approximate surface area is 364 Å². The SMILES string of the molecule is c1ccc(-c2nc(-c3ccccc3)nc(-c3cccc(-c4cccc(-c5ccc6c7cc8c(cc7n(-c7ccccc7)c6c5)c(-c5ccccc5)nc5ccccc58)c4)c3)n2)cc1. The second-order valence-corrected chi connectivity index (χ2v) is 15.9. The maximum absolute atomic E-state index is 5.26. The van der Waals surface area contributed by atoms with Crippen molar-refractivity contribution in [3.63, 3.8) is 0 Å². The first-order valence-electron chi connectivity index (χ1n) is 21.2. The summed E-state index contributed by atoms with van der Waals surface area (Å²) in [5.41, 5.74) is 13.8. The maximum atomic E-state index is 5.26. The van der Waals surface area contributed by atoms with E-state index in [2.05, 4.69) is 168 Å². The fourth-order valence-electron chi connectivity index (χ4n) is 8.97. The van der Waals surface area contributed by atoms with Gasteiger partial charge < -0.3 is 4.57 Å². The van der Waals surface area contributed by atoms with Gasteiger partial charge in [-0.05, 0) is 76.2 Å². The summed E-state index contributed by atoms with van der Waals surface area (Å²) in [5.74, 6) is 1.92. The molecule has 9 aromatic carbocycles. The minimum Gasteiger partial charge on any atom is -0.309 e. The topological polar surface area (TPSA) is 56.5 Å². The Hall–Kier alpha value is -8.54. The molecule has 5 nitrogen and oxygen atoms in total. The van der Waals surface area contributed by atoms with Crippen molar-refractivity contribution in [3.8, 4) is 73.4 Å². The molecule has 0 bridgehead atoms. The fourth-order valence-corrected chi connectivity index (χ4v) is 8.97. The quantitative estimate of drug-likeness (QED) is 0.151. The van der Waals surface area contributed by atoms with Crippen molar-refractivity contribution in [2.45, 2.75) is 0 Å². The van der Waals surface area contributed by atoms with Crippen molar-refractivity contribution in [2.75, 3.05) is 0 Å². The lowest BCUT2D eigenvalue weighted by molar-refractivity contribution is 1.07. The smallest absolute Gasteiger partial charge is 0.164 e. The van der Waals surface area contributed by atoms with E-state index < -0.39 is 0 Å². The van der Waals surface area contributed by atoms with E-state index in [4.69, 9.17) is 19.9 Å². The Bertz CT molecular complexity index is 3600. The molecule has 0 amide bonds. The van der Waals surface area contributed by atoms with Crippen LogP contribution in [0.4, 0.5) is 0 Å². The molecule has 0 aliphatic heterocycles. The van der Waals surface area contributed by atoms with Gasteiger partial charge in [0.05, 0.1) is 22.2 Å². The largest absolute Gasteiger partial charge is 0.309 e. The van der Waals surface area contributed by atoms with Gasteiger partial charge in [0.25, 0.3) is 0 Å². The molecule has 0 fully saturated rings. The number of benzene rings is 9. The molecule has 0 aliphatic carbocycles. The van der Waals surface area contributed by atoms with Crippen molar-refractivity contribution < 1.29 is 0 Å². The van der Waals surface area contributed by atoms with Crippen LogP contribution in [0, 0.1) is 0 Å². The number of aromatic nitrogens is 5. The minimum atomic E-state index is 0.632. The molecule has 0 atom stereocenters. The first-order valence-corrected chi connectivity index (χ1v) is 21.2. The van der Waals surface area contributed by atoms with Crippen LogP contribution >= 0.6 is 0 Å². The van der Waals surface area contributed by atoms with Crippen LogP contribution in [0.3, 0.4) is 0 Å². The average Bonchev–Trinajstić information content (AvgIpc) is 3.69. The van der Waals surface area contributed by atoms with E-state index >= 15 is 0 Å². The lowest BCUT2D eigenvalue weighted by Gasteiger charge is -2.12. The molecule has 12 rings (SSSR count). The number of nitrogens with zero attached hydrogens (tertiary/aromatic N) is 5. The van der Waals surface area contributed by atoms with Crippen LogP contribution in [0.25, 0.3) is 117 Å². The van der Waals surface area contributed by atoms with Crippen LogP contribution in [-0.4, -0.2) is 24.5 Å². The van der Waals surface area contributed by atoms with Gasteiger partial charge in [0, 0.05) is 49.5 Å². The highest BCUT2D eigenvalue weighted by atomic mass is 15.0. The zero-order chi connectivity index (χ0) is 41.7. The highest BCUT2D eigenvalue weighted by Crippen LogP contribution is 2.41. The van der Waals surface area contributed by atoms with Gasteiger partial charge in [0.15, 0.2) is 17.5 Å². The molecule has 5 heteroatoms. The summed E-state index contributed by atoms with van der Waals surface area (Å²) in [7, 11) is 0. The minimum absolute atomic E-state index is 0.632. The zero-order valence-corrected chi connectivity index (χ0v) is 34.1. The Kier molecular flexibility index (Phi) is 8.75. The third kappa shape index (κ3) is 6.51. The Morgan fingerprint density at radius 1 is 0.254 bits per heavy atom. The molecule has 0 aliphatic rings. The zero-order valence-electron chi connectivity index (χ0n) is 34.1. The summed E-state index contributed by atoms with van der Waals surface area (Å²) >= 11 is 0. The lowest BCUT2D eigenvalue weighted by Crippen LogP contribution is -2.00. The summed E-state index contributed by atoms with van der Waals surface area (Å²) in [6.45, 7) is 0. The summed E-state index contributed by atoms with van der Waals surface area (Å²) in [6.07, 6.45) is 0. The number of hydrogen-bond donors (Lipinski definition) is 0. The third-order valence-electron chi connectivity index (χ3n) is 12.0. The Morgan fingerprint density at radius 2 is 0.730 bits per heavy atom. The first kappa shape index (κ1) is 36.3. The fraction of sp³-hybridized carbons (Fsp3) is 0. The Morgan fingerprint density at radius 3 is 1.37 bits per heavy atom. The highest BCUT2D eigenvalue weighted by Gasteiger charge is 2.19. The van der Waals surface area contributed by atoms with Gasteiger partial charge in [-0.1, -0.05) is 176 Å². The van der Waals surface area contributed by atoms with Gasteiger partial charge in [-0.15, -0.1) is 0 Å². The van der Waals surface area contributed by atoms with Crippen LogP contribution in [0.2, 0.25) is 0 Å². The second-order valence-electron chi connectivity index (χ2n) is 15.9. The van der Waals surface area contributed by atoms with Crippen molar-refractivity contribution >= 4 is 43.5 Å². The molecule has 0 N–H and O–H groups in total. The van der Waals surface area contributed by atoms with E-state index in [0.29, 0.717) is 17.5 Å². The molecule has 294 valence electrons. The number of rotatable bonds is 7. The first-order chi connectivity index (χ1) is 31.2. The summed E-state index contributed by atoms with van der Waals surface area (Å²) in [4.78, 5) is 20.2. The summed E-state index contributed by atoms with van der Waals surface area (Å²) < 4.78 is 2.41.